The number of pyridine rings is 1. The topological polar surface area (TPSA) is 65.2 Å². The van der Waals surface area contributed by atoms with Crippen LogP contribution in [0.25, 0.3) is 21.0 Å². The minimum atomic E-state index is -0.321. The zero-order chi connectivity index (χ0) is 15.7. The second-order valence-electron chi connectivity index (χ2n) is 4.94. The van der Waals surface area contributed by atoms with Gasteiger partial charge in [-0.2, -0.15) is 0 Å². The number of hydrogen-bond acceptors (Lipinski definition) is 4. The van der Waals surface area contributed by atoms with Crippen LogP contribution in [0.2, 0.25) is 0 Å². The molecule has 112 valence electrons. The van der Waals surface area contributed by atoms with Crippen molar-refractivity contribution in [2.24, 2.45) is 0 Å². The molecule has 0 atom stereocenters. The van der Waals surface area contributed by atoms with Gasteiger partial charge in [0.1, 0.15) is 0 Å². The van der Waals surface area contributed by atoms with Gasteiger partial charge in [0, 0.05) is 0 Å². The molecule has 2 heterocycles. The van der Waals surface area contributed by atoms with E-state index in [1.54, 1.807) is 6.92 Å². The minimum absolute atomic E-state index is 0.207. The number of carbonyl (C=O) groups is 1. The number of hydrogen-bond donors (Lipinski definition) is 1. The van der Waals surface area contributed by atoms with E-state index >= 15 is 0 Å². The van der Waals surface area contributed by atoms with E-state index < -0.39 is 0 Å². The van der Waals surface area contributed by atoms with Crippen LogP contribution in [0.1, 0.15) is 21.7 Å². The third-order valence-corrected chi connectivity index (χ3v) is 5.69. The SMILES string of the molecule is CCOC(=O)c1[se]c2nc(-c3ccccc3)cc(C)c2c1N. The van der Waals surface area contributed by atoms with E-state index in [0.717, 1.165) is 26.6 Å². The van der Waals surface area contributed by atoms with Crippen molar-refractivity contribution in [3.63, 3.8) is 0 Å². The predicted octanol–water partition coefficient (Wildman–Crippen LogP) is 3.03. The second-order valence-corrected chi connectivity index (χ2v) is 7.03. The summed E-state index contributed by atoms with van der Waals surface area (Å²) < 4.78 is 6.58. The molecule has 3 rings (SSSR count). The van der Waals surface area contributed by atoms with Crippen molar-refractivity contribution in [3.05, 3.63) is 46.4 Å². The van der Waals surface area contributed by atoms with Crippen molar-refractivity contribution >= 4 is 35.9 Å². The molecule has 0 saturated carbocycles. The molecule has 0 aliphatic heterocycles. The summed E-state index contributed by atoms with van der Waals surface area (Å²) in [6.07, 6.45) is 0. The van der Waals surface area contributed by atoms with Gasteiger partial charge >= 0.3 is 134 Å². The van der Waals surface area contributed by atoms with E-state index in [-0.39, 0.29) is 20.5 Å². The number of esters is 1. The third-order valence-electron chi connectivity index (χ3n) is 3.43. The number of aryl methyl sites for hydroxylation is 1. The molecule has 2 aromatic heterocycles. The molecule has 4 nitrogen and oxygen atoms in total. The molecule has 0 bridgehead atoms. The molecule has 1 aromatic carbocycles. The van der Waals surface area contributed by atoms with Gasteiger partial charge in [-0.25, -0.2) is 0 Å². The third kappa shape index (κ3) is 2.54. The number of benzene rings is 1. The van der Waals surface area contributed by atoms with Crippen molar-refractivity contribution in [3.8, 4) is 11.3 Å². The Balaban J connectivity index is 2.17. The van der Waals surface area contributed by atoms with Gasteiger partial charge in [0.25, 0.3) is 0 Å². The molecule has 5 heteroatoms. The van der Waals surface area contributed by atoms with Crippen LogP contribution in [0.5, 0.6) is 0 Å². The maximum absolute atomic E-state index is 12.0. The molecule has 22 heavy (non-hydrogen) atoms. The first kappa shape index (κ1) is 14.8. The normalized spacial score (nSPS) is 10.8. The monoisotopic (exact) mass is 360 g/mol. The molecule has 3 aromatic rings. The molecule has 0 saturated heterocycles. The molecular weight excluding hydrogens is 343 g/mol. The summed E-state index contributed by atoms with van der Waals surface area (Å²) in [4.78, 5) is 16.7. The van der Waals surface area contributed by atoms with Crippen molar-refractivity contribution in [1.82, 2.24) is 4.98 Å². The van der Waals surface area contributed by atoms with Crippen LogP contribution < -0.4 is 5.73 Å². The molecule has 0 spiro atoms. The molecule has 2 N–H and O–H groups in total. The number of nitrogen functional groups attached to an aromatic ring is 1. The number of carbonyl (C=O) groups excluding carboxylic acids is 1. The number of ether oxygens (including phenoxy) is 1. The summed E-state index contributed by atoms with van der Waals surface area (Å²) in [5.74, 6) is -0.321. The van der Waals surface area contributed by atoms with E-state index in [9.17, 15) is 4.79 Å². The average Bonchev–Trinajstić information content (AvgIpc) is 2.86. The van der Waals surface area contributed by atoms with Crippen LogP contribution in [-0.2, 0) is 4.74 Å². The molecule has 0 aliphatic rings. The van der Waals surface area contributed by atoms with Crippen LogP contribution in [0, 0.1) is 6.92 Å². The van der Waals surface area contributed by atoms with E-state index in [0.29, 0.717) is 16.7 Å². The van der Waals surface area contributed by atoms with E-state index in [1.165, 1.54) is 0 Å². The molecule has 0 amide bonds. The van der Waals surface area contributed by atoms with Gasteiger partial charge in [0.15, 0.2) is 0 Å². The van der Waals surface area contributed by atoms with E-state index in [1.807, 2.05) is 43.3 Å². The summed E-state index contributed by atoms with van der Waals surface area (Å²) >= 11 is -0.207. The average molecular weight is 359 g/mol. The Labute approximate surface area is 134 Å². The first-order valence-electron chi connectivity index (χ1n) is 7.04. The molecule has 0 fully saturated rings. The number of anilines is 1. The van der Waals surface area contributed by atoms with Crippen LogP contribution in [-0.4, -0.2) is 32.1 Å². The quantitative estimate of drug-likeness (QED) is 0.577. The molecule has 0 radical (unpaired) electrons. The van der Waals surface area contributed by atoms with Gasteiger partial charge in [0.05, 0.1) is 0 Å². The van der Waals surface area contributed by atoms with Crippen molar-refractivity contribution in [2.45, 2.75) is 13.8 Å². The van der Waals surface area contributed by atoms with E-state index in [4.69, 9.17) is 15.5 Å². The summed E-state index contributed by atoms with van der Waals surface area (Å²) in [6.45, 7) is 4.15. The van der Waals surface area contributed by atoms with Crippen molar-refractivity contribution < 1.29 is 9.53 Å². The van der Waals surface area contributed by atoms with Crippen molar-refractivity contribution in [2.75, 3.05) is 12.3 Å². The van der Waals surface area contributed by atoms with Gasteiger partial charge in [-0.05, 0) is 0 Å². The summed E-state index contributed by atoms with van der Waals surface area (Å²) in [5.41, 5.74) is 9.71. The van der Waals surface area contributed by atoms with Crippen LogP contribution >= 0.6 is 0 Å². The Morgan fingerprint density at radius 2 is 2.05 bits per heavy atom. The standard InChI is InChI=1S/C17H16N2O2Se/c1-3-21-17(20)15-14(18)13-10(2)9-12(19-16(13)22-15)11-7-5-4-6-8-11/h4-9H,3,18H2,1-2H3. The van der Waals surface area contributed by atoms with Gasteiger partial charge in [-0.15, -0.1) is 0 Å². The Hall–Kier alpha value is -2.10. The predicted molar refractivity (Wildman–Crippen MR) is 89.2 cm³/mol. The second kappa shape index (κ2) is 5.95. The summed E-state index contributed by atoms with van der Waals surface area (Å²) in [6, 6.07) is 12.0. The van der Waals surface area contributed by atoms with Gasteiger partial charge in [-0.1, -0.05) is 0 Å². The Kier molecular flexibility index (Phi) is 4.01. The number of rotatable bonds is 3. The number of aromatic nitrogens is 1. The zero-order valence-corrected chi connectivity index (χ0v) is 14.1. The molecular formula is C17H16N2O2Se. The Bertz CT molecular complexity index is 841. The van der Waals surface area contributed by atoms with Crippen LogP contribution in [0.15, 0.2) is 36.4 Å². The molecule has 0 aliphatic carbocycles. The van der Waals surface area contributed by atoms with Gasteiger partial charge < -0.3 is 0 Å². The maximum atomic E-state index is 12.0. The summed E-state index contributed by atoms with van der Waals surface area (Å²) in [5, 5.41) is 0.905. The number of fused-ring (bicyclic) bond motifs is 1. The van der Waals surface area contributed by atoms with Gasteiger partial charge in [0.2, 0.25) is 0 Å². The van der Waals surface area contributed by atoms with Crippen molar-refractivity contribution in [1.29, 1.82) is 0 Å². The van der Waals surface area contributed by atoms with Gasteiger partial charge in [-0.3, -0.25) is 0 Å². The fourth-order valence-corrected chi connectivity index (χ4v) is 4.65. The first-order valence-corrected chi connectivity index (χ1v) is 8.75. The van der Waals surface area contributed by atoms with Crippen LogP contribution in [0.4, 0.5) is 5.69 Å². The number of nitrogens with zero attached hydrogens (tertiary/aromatic N) is 1. The number of nitrogens with two attached hydrogens (primary N) is 1. The Morgan fingerprint density at radius 3 is 2.73 bits per heavy atom. The van der Waals surface area contributed by atoms with E-state index in [2.05, 4.69) is 0 Å². The van der Waals surface area contributed by atoms with Crippen LogP contribution in [0.3, 0.4) is 0 Å². The first-order chi connectivity index (χ1) is 10.6. The Morgan fingerprint density at radius 1 is 1.32 bits per heavy atom. The fraction of sp³-hybridized carbons (Fsp3) is 0.176. The molecule has 0 unspecified atom stereocenters. The zero-order valence-electron chi connectivity index (χ0n) is 12.4. The fourth-order valence-electron chi connectivity index (χ4n) is 2.42. The summed E-state index contributed by atoms with van der Waals surface area (Å²) in [7, 11) is 0.